The summed E-state index contributed by atoms with van der Waals surface area (Å²) in [5, 5.41) is 8.37. The Balaban J connectivity index is 1.27. The largest absolute Gasteiger partial charge is 0.484 e. The first-order chi connectivity index (χ1) is 15.3. The molecular weight excluding hydrogens is 430 g/mol. The van der Waals surface area contributed by atoms with Gasteiger partial charge in [0.05, 0.1) is 17.1 Å². The first kappa shape index (κ1) is 19.7. The number of rotatable bonds is 6. The molecular formula is C23H17N3O3S2. The Kier molecular flexibility index (Phi) is 5.64. The lowest BCUT2D eigenvalue weighted by Gasteiger charge is -2.30. The Labute approximate surface area is 187 Å². The summed E-state index contributed by atoms with van der Waals surface area (Å²) < 4.78 is 11.2. The zero-order valence-electron chi connectivity index (χ0n) is 16.3. The van der Waals surface area contributed by atoms with Gasteiger partial charge < -0.3 is 9.15 Å². The van der Waals surface area contributed by atoms with Gasteiger partial charge in [0.25, 0.3) is 11.1 Å². The normalized spacial score (nSPS) is 12.2. The summed E-state index contributed by atoms with van der Waals surface area (Å²) in [6, 6.07) is 25.3. The number of aromatic nitrogens is 2. The highest BCUT2D eigenvalue weighted by atomic mass is 32.2. The minimum atomic E-state index is -0.0505. The molecule has 3 aromatic carbocycles. The number of benzene rings is 3. The molecule has 1 aromatic heterocycles. The van der Waals surface area contributed by atoms with Crippen LogP contribution in [0.2, 0.25) is 0 Å². The molecule has 154 valence electrons. The van der Waals surface area contributed by atoms with Crippen LogP contribution in [0.3, 0.4) is 0 Å². The van der Waals surface area contributed by atoms with Gasteiger partial charge in [0, 0.05) is 9.79 Å². The van der Waals surface area contributed by atoms with Crippen molar-refractivity contribution in [2.45, 2.75) is 21.6 Å². The number of anilines is 2. The molecule has 0 atom stereocenters. The van der Waals surface area contributed by atoms with E-state index in [1.54, 1.807) is 16.7 Å². The van der Waals surface area contributed by atoms with E-state index in [0.717, 1.165) is 26.9 Å². The zero-order chi connectivity index (χ0) is 21.0. The number of nitrogens with zero attached hydrogens (tertiary/aromatic N) is 3. The van der Waals surface area contributed by atoms with E-state index in [2.05, 4.69) is 10.2 Å². The standard InChI is InChI=1S/C23H17N3O3S2/c27-22(15-30-23-25-24-21(29-23)14-28-16-8-2-1-3-9-16)26-17-10-4-6-12-19(17)31-20-13-7-5-11-18(20)26/h1-13H,14-15H2. The van der Waals surface area contributed by atoms with Crippen molar-refractivity contribution in [2.24, 2.45) is 0 Å². The molecule has 6 nitrogen and oxygen atoms in total. The Morgan fingerprint density at radius 1 is 0.903 bits per heavy atom. The van der Waals surface area contributed by atoms with E-state index in [1.807, 2.05) is 78.9 Å². The van der Waals surface area contributed by atoms with Crippen LogP contribution in [0, 0.1) is 0 Å². The number of thioether (sulfide) groups is 1. The van der Waals surface area contributed by atoms with E-state index in [9.17, 15) is 4.79 Å². The fourth-order valence-electron chi connectivity index (χ4n) is 3.18. The van der Waals surface area contributed by atoms with Crippen LogP contribution in [0.4, 0.5) is 11.4 Å². The Hall–Kier alpha value is -3.23. The van der Waals surface area contributed by atoms with Crippen LogP contribution >= 0.6 is 23.5 Å². The Bertz CT molecular complexity index is 1170. The van der Waals surface area contributed by atoms with Crippen molar-refractivity contribution in [3.05, 3.63) is 84.8 Å². The van der Waals surface area contributed by atoms with E-state index in [1.165, 1.54) is 11.8 Å². The summed E-state index contributed by atoms with van der Waals surface area (Å²) in [6.45, 7) is 0.176. The highest BCUT2D eigenvalue weighted by Gasteiger charge is 2.28. The third kappa shape index (κ3) is 4.30. The van der Waals surface area contributed by atoms with Gasteiger partial charge in [0.15, 0.2) is 6.61 Å². The van der Waals surface area contributed by atoms with E-state index in [0.29, 0.717) is 11.1 Å². The van der Waals surface area contributed by atoms with Gasteiger partial charge in [-0.15, -0.1) is 10.2 Å². The molecule has 0 saturated carbocycles. The monoisotopic (exact) mass is 447 g/mol. The van der Waals surface area contributed by atoms with Crippen molar-refractivity contribution < 1.29 is 13.9 Å². The molecule has 0 unspecified atom stereocenters. The van der Waals surface area contributed by atoms with Gasteiger partial charge in [0.2, 0.25) is 5.91 Å². The minimum Gasteiger partial charge on any atom is -0.484 e. The number of hydrogen-bond donors (Lipinski definition) is 0. The number of hydrogen-bond acceptors (Lipinski definition) is 7. The number of carbonyl (C=O) groups excluding carboxylic acids is 1. The van der Waals surface area contributed by atoms with Crippen LogP contribution in [-0.2, 0) is 11.4 Å². The average molecular weight is 448 g/mol. The van der Waals surface area contributed by atoms with Crippen molar-refractivity contribution >= 4 is 40.8 Å². The van der Waals surface area contributed by atoms with Crippen molar-refractivity contribution in [1.29, 1.82) is 0 Å². The SMILES string of the molecule is O=C(CSc1nnc(COc2ccccc2)o1)N1c2ccccc2Sc2ccccc21. The van der Waals surface area contributed by atoms with Crippen molar-refractivity contribution in [3.8, 4) is 5.75 Å². The van der Waals surface area contributed by atoms with Crippen molar-refractivity contribution in [1.82, 2.24) is 10.2 Å². The number of carbonyl (C=O) groups is 1. The van der Waals surface area contributed by atoms with Crippen LogP contribution in [-0.4, -0.2) is 21.9 Å². The fraction of sp³-hybridized carbons (Fsp3) is 0.0870. The summed E-state index contributed by atoms with van der Waals surface area (Å²) in [5.74, 6) is 1.22. The Morgan fingerprint density at radius 2 is 1.55 bits per heavy atom. The fourth-order valence-corrected chi connectivity index (χ4v) is 4.87. The van der Waals surface area contributed by atoms with E-state index in [-0.39, 0.29) is 18.3 Å². The lowest BCUT2D eigenvalue weighted by Crippen LogP contribution is -2.29. The predicted octanol–water partition coefficient (Wildman–Crippen LogP) is 5.57. The molecule has 0 spiro atoms. The summed E-state index contributed by atoms with van der Waals surface area (Å²) in [5.41, 5.74) is 1.78. The van der Waals surface area contributed by atoms with E-state index < -0.39 is 0 Å². The maximum Gasteiger partial charge on any atom is 0.277 e. The molecule has 1 aliphatic heterocycles. The predicted molar refractivity (Wildman–Crippen MR) is 120 cm³/mol. The Morgan fingerprint density at radius 3 is 2.26 bits per heavy atom. The number of ether oxygens (including phenoxy) is 1. The third-order valence-corrected chi connectivity index (χ3v) is 6.49. The molecule has 0 saturated heterocycles. The topological polar surface area (TPSA) is 68.5 Å². The highest BCUT2D eigenvalue weighted by Crippen LogP contribution is 2.48. The number of amides is 1. The highest BCUT2D eigenvalue weighted by molar-refractivity contribution is 8.00. The van der Waals surface area contributed by atoms with Gasteiger partial charge in [-0.3, -0.25) is 9.69 Å². The van der Waals surface area contributed by atoms with Crippen LogP contribution < -0.4 is 9.64 Å². The third-order valence-electron chi connectivity index (χ3n) is 4.55. The van der Waals surface area contributed by atoms with Gasteiger partial charge in [-0.2, -0.15) is 0 Å². The number of fused-ring (bicyclic) bond motifs is 2. The molecule has 1 aliphatic rings. The maximum atomic E-state index is 13.2. The van der Waals surface area contributed by atoms with Crippen molar-refractivity contribution in [3.63, 3.8) is 0 Å². The number of para-hydroxylation sites is 3. The molecule has 0 fully saturated rings. The summed E-state index contributed by atoms with van der Waals surface area (Å²) in [6.07, 6.45) is 0. The van der Waals surface area contributed by atoms with Gasteiger partial charge in [0.1, 0.15) is 5.75 Å². The second-order valence-electron chi connectivity index (χ2n) is 6.62. The van der Waals surface area contributed by atoms with Crippen LogP contribution in [0.5, 0.6) is 5.75 Å². The quantitative estimate of drug-likeness (QED) is 0.358. The molecule has 0 radical (unpaired) electrons. The summed E-state index contributed by atoms with van der Waals surface area (Å²) in [4.78, 5) is 17.1. The lowest BCUT2D eigenvalue weighted by molar-refractivity contribution is -0.115. The van der Waals surface area contributed by atoms with Gasteiger partial charge >= 0.3 is 0 Å². The van der Waals surface area contributed by atoms with Crippen LogP contribution in [0.1, 0.15) is 5.89 Å². The van der Waals surface area contributed by atoms with E-state index in [4.69, 9.17) is 9.15 Å². The molecule has 0 bridgehead atoms. The molecule has 0 N–H and O–H groups in total. The summed E-state index contributed by atoms with van der Waals surface area (Å²) >= 11 is 2.89. The second-order valence-corrected chi connectivity index (χ2v) is 8.63. The van der Waals surface area contributed by atoms with Gasteiger partial charge in [-0.1, -0.05) is 66.0 Å². The van der Waals surface area contributed by atoms with Crippen molar-refractivity contribution in [2.75, 3.05) is 10.7 Å². The summed E-state index contributed by atoms with van der Waals surface area (Å²) in [7, 11) is 0. The smallest absolute Gasteiger partial charge is 0.277 e. The first-order valence-corrected chi connectivity index (χ1v) is 11.4. The lowest BCUT2D eigenvalue weighted by atomic mass is 10.2. The molecule has 0 aliphatic carbocycles. The molecule has 1 amide bonds. The molecule has 8 heteroatoms. The second kappa shape index (κ2) is 8.87. The average Bonchev–Trinajstić information content (AvgIpc) is 3.28. The molecule has 31 heavy (non-hydrogen) atoms. The first-order valence-electron chi connectivity index (χ1n) is 9.60. The maximum absolute atomic E-state index is 13.2. The minimum absolute atomic E-state index is 0.0505. The zero-order valence-corrected chi connectivity index (χ0v) is 17.9. The van der Waals surface area contributed by atoms with Gasteiger partial charge in [-0.05, 0) is 36.4 Å². The van der Waals surface area contributed by atoms with Crippen LogP contribution in [0.15, 0.2) is 98.3 Å². The molecule has 2 heterocycles. The van der Waals surface area contributed by atoms with E-state index >= 15 is 0 Å². The van der Waals surface area contributed by atoms with Gasteiger partial charge in [-0.25, -0.2) is 0 Å². The molecule has 4 aromatic rings. The molecule has 5 rings (SSSR count). The van der Waals surface area contributed by atoms with Crippen LogP contribution in [0.25, 0.3) is 0 Å².